The number of hydrogen-bond acceptors (Lipinski definition) is 7. The van der Waals surface area contributed by atoms with Gasteiger partial charge in [0.25, 0.3) is 0 Å². The Kier molecular flexibility index (Phi) is 5.84. The first-order valence-corrected chi connectivity index (χ1v) is 11.2. The molecule has 0 unspecified atom stereocenters. The summed E-state index contributed by atoms with van der Waals surface area (Å²) in [5.41, 5.74) is 6.54. The van der Waals surface area contributed by atoms with Gasteiger partial charge in [0.2, 0.25) is 9.74 Å². The largest absolute Gasteiger partial charge is 0.341 e. The predicted molar refractivity (Wildman–Crippen MR) is 107 cm³/mol. The summed E-state index contributed by atoms with van der Waals surface area (Å²) >= 11 is 18.0. The second kappa shape index (κ2) is 7.67. The summed E-state index contributed by atoms with van der Waals surface area (Å²) < 4.78 is 21.5. The number of rotatable bonds is 3. The zero-order valence-corrected chi connectivity index (χ0v) is 17.5. The van der Waals surface area contributed by atoms with Gasteiger partial charge < -0.3 is 10.6 Å². The van der Waals surface area contributed by atoms with Crippen molar-refractivity contribution in [3.05, 3.63) is 30.1 Å². The smallest absolute Gasteiger partial charge is 0.250 e. The van der Waals surface area contributed by atoms with E-state index in [2.05, 4.69) is 15.0 Å². The van der Waals surface area contributed by atoms with Gasteiger partial charge in [-0.05, 0) is 37.1 Å². The van der Waals surface area contributed by atoms with E-state index in [1.807, 2.05) is 4.90 Å². The molecule has 146 valence electrons. The summed E-state index contributed by atoms with van der Waals surface area (Å²) in [6, 6.07) is 6.36. The number of benzene rings is 1. The van der Waals surface area contributed by atoms with E-state index in [9.17, 15) is 8.42 Å². The van der Waals surface area contributed by atoms with Crippen molar-refractivity contribution in [3.63, 3.8) is 0 Å². The van der Waals surface area contributed by atoms with Gasteiger partial charge in [-0.1, -0.05) is 34.8 Å². The van der Waals surface area contributed by atoms with Crippen LogP contribution in [0.15, 0.2) is 29.2 Å². The lowest BCUT2D eigenvalue weighted by Gasteiger charge is -2.30. The number of hydrogen-bond donors (Lipinski definition) is 1. The molecule has 1 saturated heterocycles. The normalized spacial score (nSPS) is 16.6. The van der Waals surface area contributed by atoms with E-state index >= 15 is 0 Å². The molecule has 2 aromatic rings. The van der Waals surface area contributed by atoms with Gasteiger partial charge in [-0.15, -0.1) is 0 Å². The van der Waals surface area contributed by atoms with Crippen molar-refractivity contribution >= 4 is 50.6 Å². The van der Waals surface area contributed by atoms with Crippen molar-refractivity contribution in [2.75, 3.05) is 24.2 Å². The van der Waals surface area contributed by atoms with Crippen molar-refractivity contribution in [2.45, 2.75) is 27.6 Å². The maximum Gasteiger partial charge on any atom is 0.250 e. The first-order valence-electron chi connectivity index (χ1n) is 8.18. The molecule has 1 aliphatic rings. The fourth-order valence-corrected chi connectivity index (χ4v) is 3.60. The Labute approximate surface area is 172 Å². The third kappa shape index (κ3) is 5.00. The maximum absolute atomic E-state index is 11.6. The summed E-state index contributed by atoms with van der Waals surface area (Å²) in [5.74, 6) is 0.714. The quantitative estimate of drug-likeness (QED) is 0.717. The SMILES string of the molecule is CS(=O)(=O)c1ccc(-c2nc(N3CCC(N)CC3)nc(C(Cl)(Cl)Cl)n2)cc1. The summed E-state index contributed by atoms with van der Waals surface area (Å²) in [5, 5.41) is 0. The Morgan fingerprint density at radius 1 is 1.07 bits per heavy atom. The highest BCUT2D eigenvalue weighted by Gasteiger charge is 2.30. The van der Waals surface area contributed by atoms with Crippen molar-refractivity contribution in [3.8, 4) is 11.4 Å². The Hall–Kier alpha value is -1.19. The van der Waals surface area contributed by atoms with Crippen LogP contribution >= 0.6 is 34.8 Å². The molecule has 0 saturated carbocycles. The standard InChI is InChI=1S/C16H18Cl3N5O2S/c1-27(25,26)12-4-2-10(3-5-12)13-21-14(16(17,18)19)23-15(22-13)24-8-6-11(20)7-9-24/h2-5,11H,6-9,20H2,1H3. The van der Waals surface area contributed by atoms with E-state index in [1.165, 1.54) is 12.1 Å². The number of alkyl halides is 3. The number of sulfone groups is 1. The molecular weight excluding hydrogens is 433 g/mol. The Morgan fingerprint density at radius 2 is 1.67 bits per heavy atom. The predicted octanol–water partition coefficient (Wildman–Crippen LogP) is 2.70. The van der Waals surface area contributed by atoms with Gasteiger partial charge in [0.05, 0.1) is 4.90 Å². The zero-order chi connectivity index (χ0) is 19.8. The molecule has 1 fully saturated rings. The van der Waals surface area contributed by atoms with Crippen LogP contribution in [0.25, 0.3) is 11.4 Å². The Morgan fingerprint density at radius 3 is 2.19 bits per heavy atom. The summed E-state index contributed by atoms with van der Waals surface area (Å²) in [4.78, 5) is 15.2. The van der Waals surface area contributed by atoms with Crippen LogP contribution in [0.2, 0.25) is 0 Å². The molecule has 0 amide bonds. The molecule has 0 spiro atoms. The zero-order valence-electron chi connectivity index (χ0n) is 14.4. The van der Waals surface area contributed by atoms with Gasteiger partial charge >= 0.3 is 0 Å². The van der Waals surface area contributed by atoms with E-state index in [-0.39, 0.29) is 16.8 Å². The lowest BCUT2D eigenvalue weighted by molar-refractivity contribution is 0.494. The molecule has 0 aliphatic carbocycles. The van der Waals surface area contributed by atoms with Crippen LogP contribution in [0.5, 0.6) is 0 Å². The molecule has 1 aromatic heterocycles. The van der Waals surface area contributed by atoms with Gasteiger partial charge in [0, 0.05) is 31.0 Å². The molecule has 7 nitrogen and oxygen atoms in total. The average molecular weight is 451 g/mol. The topological polar surface area (TPSA) is 102 Å². The number of piperidine rings is 1. The highest BCUT2D eigenvalue weighted by atomic mass is 35.6. The lowest BCUT2D eigenvalue weighted by Crippen LogP contribution is -2.40. The third-order valence-electron chi connectivity index (χ3n) is 4.24. The molecule has 0 radical (unpaired) electrons. The first-order chi connectivity index (χ1) is 12.5. The molecule has 1 aromatic carbocycles. The van der Waals surface area contributed by atoms with Gasteiger partial charge in [-0.25, -0.2) is 13.4 Å². The molecule has 2 heterocycles. The van der Waals surface area contributed by atoms with E-state index in [1.54, 1.807) is 12.1 Å². The van der Waals surface area contributed by atoms with Gasteiger partial charge in [-0.3, -0.25) is 0 Å². The van der Waals surface area contributed by atoms with Gasteiger partial charge in [0.15, 0.2) is 21.5 Å². The molecule has 27 heavy (non-hydrogen) atoms. The third-order valence-corrected chi connectivity index (χ3v) is 5.88. The molecule has 0 bridgehead atoms. The number of aromatic nitrogens is 3. The fourth-order valence-electron chi connectivity index (χ4n) is 2.71. The Balaban J connectivity index is 2.02. The summed E-state index contributed by atoms with van der Waals surface area (Å²) in [6.07, 6.45) is 2.77. The van der Waals surface area contributed by atoms with Crippen LogP contribution in [0.3, 0.4) is 0 Å². The molecule has 2 N–H and O–H groups in total. The Bertz CT molecular complexity index is 924. The minimum absolute atomic E-state index is 0.00885. The molecule has 1 aliphatic heterocycles. The molecule has 0 atom stereocenters. The summed E-state index contributed by atoms with van der Waals surface area (Å²) in [7, 11) is -3.30. The van der Waals surface area contributed by atoms with Gasteiger partial charge in [0.1, 0.15) is 0 Å². The monoisotopic (exact) mass is 449 g/mol. The second-order valence-electron chi connectivity index (χ2n) is 6.40. The molecule has 11 heteroatoms. The van der Waals surface area contributed by atoms with Crippen LogP contribution in [0, 0.1) is 0 Å². The molecular formula is C16H18Cl3N5O2S. The van der Waals surface area contributed by atoms with Crippen molar-refractivity contribution in [2.24, 2.45) is 5.73 Å². The average Bonchev–Trinajstić information content (AvgIpc) is 2.60. The first kappa shape index (κ1) is 20.5. The number of nitrogens with two attached hydrogens (primary N) is 1. The van der Waals surface area contributed by atoms with Crippen molar-refractivity contribution < 1.29 is 8.42 Å². The van der Waals surface area contributed by atoms with E-state index in [0.29, 0.717) is 30.4 Å². The number of halogens is 3. The number of anilines is 1. The van der Waals surface area contributed by atoms with Crippen molar-refractivity contribution in [1.82, 2.24) is 15.0 Å². The van der Waals surface area contributed by atoms with Gasteiger partial charge in [-0.2, -0.15) is 9.97 Å². The van der Waals surface area contributed by atoms with E-state index < -0.39 is 13.6 Å². The van der Waals surface area contributed by atoms with E-state index in [4.69, 9.17) is 40.5 Å². The highest BCUT2D eigenvalue weighted by Crippen LogP contribution is 2.37. The van der Waals surface area contributed by atoms with Crippen molar-refractivity contribution in [1.29, 1.82) is 0 Å². The highest BCUT2D eigenvalue weighted by molar-refractivity contribution is 7.90. The minimum Gasteiger partial charge on any atom is -0.341 e. The lowest BCUT2D eigenvalue weighted by atomic mass is 10.1. The van der Waals surface area contributed by atoms with Crippen LogP contribution in [-0.4, -0.2) is 48.8 Å². The second-order valence-corrected chi connectivity index (χ2v) is 10.7. The van der Waals surface area contributed by atoms with Crippen LogP contribution in [0.4, 0.5) is 5.95 Å². The number of nitrogens with zero attached hydrogens (tertiary/aromatic N) is 4. The van der Waals surface area contributed by atoms with Crippen LogP contribution < -0.4 is 10.6 Å². The van der Waals surface area contributed by atoms with Crippen LogP contribution in [0.1, 0.15) is 18.7 Å². The molecule has 3 rings (SSSR count). The summed E-state index contributed by atoms with van der Waals surface area (Å²) in [6.45, 7) is 1.38. The van der Waals surface area contributed by atoms with Crippen LogP contribution in [-0.2, 0) is 13.6 Å². The fraction of sp³-hybridized carbons (Fsp3) is 0.438. The minimum atomic E-state index is -3.30. The maximum atomic E-state index is 11.6. The van der Waals surface area contributed by atoms with E-state index in [0.717, 1.165) is 19.1 Å².